The normalized spacial score (nSPS) is 14.5. The van der Waals surface area contributed by atoms with Crippen molar-refractivity contribution in [1.82, 2.24) is 4.90 Å². The Morgan fingerprint density at radius 2 is 1.92 bits per heavy atom. The van der Waals surface area contributed by atoms with Gasteiger partial charge in [0.1, 0.15) is 11.9 Å². The molecule has 136 valence electrons. The van der Waals surface area contributed by atoms with Crippen molar-refractivity contribution in [2.24, 2.45) is 5.92 Å². The van der Waals surface area contributed by atoms with Gasteiger partial charge in [-0.2, -0.15) is 0 Å². The predicted octanol–water partition coefficient (Wildman–Crippen LogP) is 3.23. The number of anilines is 1. The van der Waals surface area contributed by atoms with Crippen molar-refractivity contribution in [3.05, 3.63) is 53.3 Å². The number of nitrogens with zero attached hydrogens (tertiary/aromatic N) is 1. The highest BCUT2D eigenvalue weighted by molar-refractivity contribution is 6.01. The first-order valence-corrected chi connectivity index (χ1v) is 8.40. The zero-order valence-electron chi connectivity index (χ0n) is 15.0. The van der Waals surface area contributed by atoms with E-state index in [9.17, 15) is 14.0 Å². The molecule has 0 unspecified atom stereocenters. The first kappa shape index (κ1) is 17.9. The lowest BCUT2D eigenvalue weighted by Crippen LogP contribution is -2.45. The maximum absolute atomic E-state index is 14.2. The zero-order chi connectivity index (χ0) is 19.0. The van der Waals surface area contributed by atoms with Crippen molar-refractivity contribution >= 4 is 17.6 Å². The fraction of sp³-hybridized carbons (Fsp3) is 0.300. The van der Waals surface area contributed by atoms with Gasteiger partial charge in [-0.15, -0.1) is 0 Å². The molecular weight excluding hydrogens is 335 g/mol. The minimum atomic E-state index is -0.656. The maximum Gasteiger partial charge on any atom is 0.328 e. The molecule has 6 heteroatoms. The van der Waals surface area contributed by atoms with Crippen LogP contribution in [0.5, 0.6) is 0 Å². The third-order valence-electron chi connectivity index (χ3n) is 4.66. The van der Waals surface area contributed by atoms with E-state index in [2.05, 4.69) is 0 Å². The Morgan fingerprint density at radius 3 is 2.54 bits per heavy atom. The van der Waals surface area contributed by atoms with Crippen LogP contribution in [-0.4, -0.2) is 29.9 Å². The summed E-state index contributed by atoms with van der Waals surface area (Å²) in [6.07, 6.45) is 0. The molecule has 0 aromatic heterocycles. The first-order valence-electron chi connectivity index (χ1n) is 8.40. The second-order valence-electron chi connectivity index (χ2n) is 6.76. The van der Waals surface area contributed by atoms with E-state index >= 15 is 0 Å². The highest BCUT2D eigenvalue weighted by Crippen LogP contribution is 2.32. The lowest BCUT2D eigenvalue weighted by molar-refractivity contribution is -0.147. The van der Waals surface area contributed by atoms with E-state index in [1.165, 1.54) is 18.1 Å². The molecule has 2 N–H and O–H groups in total. The van der Waals surface area contributed by atoms with Gasteiger partial charge in [0.15, 0.2) is 0 Å². The summed E-state index contributed by atoms with van der Waals surface area (Å²) in [4.78, 5) is 26.5. The Hall–Kier alpha value is -2.89. The summed E-state index contributed by atoms with van der Waals surface area (Å²) in [6.45, 7) is 4.07. The van der Waals surface area contributed by atoms with Crippen LogP contribution in [0.25, 0.3) is 11.1 Å². The van der Waals surface area contributed by atoms with E-state index in [0.717, 1.165) is 5.56 Å². The Balaban J connectivity index is 1.97. The van der Waals surface area contributed by atoms with Crippen LogP contribution in [0.2, 0.25) is 0 Å². The van der Waals surface area contributed by atoms with Gasteiger partial charge in [0.25, 0.3) is 5.91 Å². The average Bonchev–Trinajstić information content (AvgIpc) is 2.91. The van der Waals surface area contributed by atoms with Crippen LogP contribution in [-0.2, 0) is 16.1 Å². The van der Waals surface area contributed by atoms with Crippen LogP contribution >= 0.6 is 0 Å². The number of carbonyl (C=O) groups excluding carboxylic acids is 2. The van der Waals surface area contributed by atoms with E-state index in [-0.39, 0.29) is 11.8 Å². The molecule has 2 aromatic rings. The number of carbonyl (C=O) groups is 2. The Morgan fingerprint density at radius 1 is 1.19 bits per heavy atom. The number of amides is 1. The second-order valence-corrected chi connectivity index (χ2v) is 6.76. The molecule has 0 radical (unpaired) electrons. The van der Waals surface area contributed by atoms with Crippen molar-refractivity contribution in [1.29, 1.82) is 0 Å². The predicted molar refractivity (Wildman–Crippen MR) is 96.8 cm³/mol. The third-order valence-corrected chi connectivity index (χ3v) is 4.66. The lowest BCUT2D eigenvalue weighted by atomic mass is 9.99. The number of halogens is 1. The number of nitrogens with two attached hydrogens (primary N) is 1. The molecule has 1 aliphatic rings. The summed E-state index contributed by atoms with van der Waals surface area (Å²) in [6, 6.07) is 9.04. The summed E-state index contributed by atoms with van der Waals surface area (Å²) in [5.74, 6) is -1.22. The zero-order valence-corrected chi connectivity index (χ0v) is 15.0. The highest BCUT2D eigenvalue weighted by atomic mass is 19.1. The van der Waals surface area contributed by atoms with Crippen molar-refractivity contribution in [2.75, 3.05) is 12.8 Å². The first-order chi connectivity index (χ1) is 12.3. The van der Waals surface area contributed by atoms with Crippen LogP contribution in [0.15, 0.2) is 36.4 Å². The van der Waals surface area contributed by atoms with Gasteiger partial charge in [-0.05, 0) is 41.3 Å². The molecule has 0 aliphatic carbocycles. The van der Waals surface area contributed by atoms with Crippen LogP contribution in [0.3, 0.4) is 0 Å². The number of fused-ring (bicyclic) bond motifs is 1. The van der Waals surface area contributed by atoms with Crippen LogP contribution in [0.1, 0.15) is 29.8 Å². The molecule has 0 saturated heterocycles. The summed E-state index contributed by atoms with van der Waals surface area (Å²) in [7, 11) is 1.31. The number of methoxy groups -OCH3 is 1. The molecule has 0 spiro atoms. The van der Waals surface area contributed by atoms with Crippen LogP contribution in [0, 0.1) is 11.7 Å². The van der Waals surface area contributed by atoms with E-state index < -0.39 is 17.8 Å². The Kier molecular flexibility index (Phi) is 4.68. The summed E-state index contributed by atoms with van der Waals surface area (Å²) in [5.41, 5.74) is 8.19. The summed E-state index contributed by atoms with van der Waals surface area (Å²) >= 11 is 0. The topological polar surface area (TPSA) is 72.6 Å². The minimum absolute atomic E-state index is 0.0882. The monoisotopic (exact) mass is 356 g/mol. The highest BCUT2D eigenvalue weighted by Gasteiger charge is 2.38. The quantitative estimate of drug-likeness (QED) is 0.674. The average molecular weight is 356 g/mol. The second kappa shape index (κ2) is 6.78. The molecule has 0 bridgehead atoms. The van der Waals surface area contributed by atoms with Crippen molar-refractivity contribution in [3.63, 3.8) is 0 Å². The van der Waals surface area contributed by atoms with Gasteiger partial charge < -0.3 is 15.4 Å². The van der Waals surface area contributed by atoms with E-state index in [4.69, 9.17) is 10.5 Å². The molecule has 1 amide bonds. The van der Waals surface area contributed by atoms with Crippen LogP contribution < -0.4 is 5.73 Å². The number of benzene rings is 2. The Bertz CT molecular complexity index is 879. The van der Waals surface area contributed by atoms with Gasteiger partial charge in [0, 0.05) is 23.4 Å². The SMILES string of the molecule is COC(=O)[C@H](C(C)C)N1Cc2ccc(-c3ccc(N)cc3F)cc2C1=O. The maximum atomic E-state index is 14.2. The number of rotatable bonds is 4. The molecule has 1 heterocycles. The van der Waals surface area contributed by atoms with E-state index in [0.29, 0.717) is 28.9 Å². The number of esters is 1. The number of hydrogen-bond donors (Lipinski definition) is 1. The number of hydrogen-bond acceptors (Lipinski definition) is 4. The van der Waals surface area contributed by atoms with Gasteiger partial charge in [0.05, 0.1) is 7.11 Å². The molecule has 1 aliphatic heterocycles. The van der Waals surface area contributed by atoms with Crippen molar-refractivity contribution in [2.45, 2.75) is 26.4 Å². The molecule has 1 atom stereocenters. The van der Waals surface area contributed by atoms with Crippen molar-refractivity contribution in [3.8, 4) is 11.1 Å². The molecule has 3 rings (SSSR count). The molecule has 2 aromatic carbocycles. The van der Waals surface area contributed by atoms with E-state index in [1.54, 1.807) is 30.3 Å². The van der Waals surface area contributed by atoms with Crippen molar-refractivity contribution < 1.29 is 18.7 Å². The molecule has 26 heavy (non-hydrogen) atoms. The standard InChI is InChI=1S/C20H21FN2O3/c1-11(2)18(20(25)26-3)23-10-13-5-4-12(8-16(13)19(23)24)15-7-6-14(22)9-17(15)21/h4-9,11,18H,10,22H2,1-3H3/t18-/m0/s1. The molecule has 0 saturated carbocycles. The van der Waals surface area contributed by atoms with Gasteiger partial charge in [-0.1, -0.05) is 26.0 Å². The molecule has 5 nitrogen and oxygen atoms in total. The Labute approximate surface area is 151 Å². The van der Waals surface area contributed by atoms with Gasteiger partial charge in [0.2, 0.25) is 0 Å². The summed E-state index contributed by atoms with van der Waals surface area (Å²) in [5, 5.41) is 0. The fourth-order valence-corrected chi connectivity index (χ4v) is 3.36. The number of ether oxygens (including phenoxy) is 1. The smallest absolute Gasteiger partial charge is 0.328 e. The van der Waals surface area contributed by atoms with Crippen LogP contribution in [0.4, 0.5) is 10.1 Å². The molecule has 0 fully saturated rings. The summed E-state index contributed by atoms with van der Waals surface area (Å²) < 4.78 is 19.1. The van der Waals surface area contributed by atoms with E-state index in [1.807, 2.05) is 13.8 Å². The van der Waals surface area contributed by atoms with Gasteiger partial charge in [-0.3, -0.25) is 4.79 Å². The van der Waals surface area contributed by atoms with Gasteiger partial charge >= 0.3 is 5.97 Å². The fourth-order valence-electron chi connectivity index (χ4n) is 3.36. The molecular formula is C20H21FN2O3. The largest absolute Gasteiger partial charge is 0.467 e. The third kappa shape index (κ3) is 3.03. The minimum Gasteiger partial charge on any atom is -0.467 e. The van der Waals surface area contributed by atoms with Gasteiger partial charge in [-0.25, -0.2) is 9.18 Å². The lowest BCUT2D eigenvalue weighted by Gasteiger charge is -2.28. The number of nitrogen functional groups attached to an aromatic ring is 1.